The van der Waals surface area contributed by atoms with Crippen molar-refractivity contribution in [3.63, 3.8) is 0 Å². The van der Waals surface area contributed by atoms with Gasteiger partial charge in [0, 0.05) is 24.5 Å². The molecule has 2 N–H and O–H groups in total. The Kier molecular flexibility index (Phi) is 6.37. The summed E-state index contributed by atoms with van der Waals surface area (Å²) in [6.07, 6.45) is 4.83. The summed E-state index contributed by atoms with van der Waals surface area (Å²) in [7, 11) is 0. The normalized spacial score (nSPS) is 16.2. The molecule has 1 saturated heterocycles. The molecule has 1 unspecified atom stereocenters. The van der Waals surface area contributed by atoms with Crippen molar-refractivity contribution in [2.75, 3.05) is 32.0 Å². The van der Waals surface area contributed by atoms with Crippen molar-refractivity contribution in [2.45, 2.75) is 19.4 Å². The summed E-state index contributed by atoms with van der Waals surface area (Å²) in [6, 6.07) is 11.4. The molecule has 4 rings (SSSR count). The lowest BCUT2D eigenvalue weighted by Gasteiger charge is -2.33. The zero-order chi connectivity index (χ0) is 21.6. The van der Waals surface area contributed by atoms with Crippen LogP contribution < -0.4 is 10.5 Å². The summed E-state index contributed by atoms with van der Waals surface area (Å²) in [5, 5.41) is 0. The average Bonchev–Trinajstić information content (AvgIpc) is 2.80. The van der Waals surface area contributed by atoms with Crippen molar-refractivity contribution < 1.29 is 14.3 Å². The summed E-state index contributed by atoms with van der Waals surface area (Å²) in [5.41, 5.74) is 9.30. The van der Waals surface area contributed by atoms with E-state index in [1.54, 1.807) is 18.5 Å². The van der Waals surface area contributed by atoms with Gasteiger partial charge < -0.3 is 20.1 Å². The molecule has 1 fully saturated rings. The van der Waals surface area contributed by atoms with E-state index in [4.69, 9.17) is 15.2 Å². The van der Waals surface area contributed by atoms with Gasteiger partial charge in [0.25, 0.3) is 0 Å². The molecule has 0 radical (unpaired) electrons. The predicted molar refractivity (Wildman–Crippen MR) is 116 cm³/mol. The largest absolute Gasteiger partial charge is 0.493 e. The van der Waals surface area contributed by atoms with Crippen LogP contribution in [0, 0.1) is 6.92 Å². The Morgan fingerprint density at radius 3 is 3.00 bits per heavy atom. The van der Waals surface area contributed by atoms with Gasteiger partial charge in [-0.25, -0.2) is 15.0 Å². The van der Waals surface area contributed by atoms with Crippen molar-refractivity contribution in [1.29, 1.82) is 0 Å². The van der Waals surface area contributed by atoms with Gasteiger partial charge in [-0.15, -0.1) is 0 Å². The number of carbonyl (C=O) groups is 1. The number of nitrogen functional groups attached to an aromatic ring is 1. The summed E-state index contributed by atoms with van der Waals surface area (Å²) in [5.74, 6) is 1.25. The fourth-order valence-corrected chi connectivity index (χ4v) is 3.60. The van der Waals surface area contributed by atoms with E-state index in [1.807, 2.05) is 42.2 Å². The molecule has 0 spiro atoms. The highest BCUT2D eigenvalue weighted by molar-refractivity contribution is 5.76. The van der Waals surface area contributed by atoms with Crippen molar-refractivity contribution in [3.05, 3.63) is 66.4 Å². The smallest absolute Gasteiger partial charge is 0.226 e. The number of para-hydroxylation sites is 1. The fourth-order valence-electron chi connectivity index (χ4n) is 3.60. The van der Waals surface area contributed by atoms with E-state index >= 15 is 0 Å². The summed E-state index contributed by atoms with van der Waals surface area (Å²) >= 11 is 0. The van der Waals surface area contributed by atoms with E-state index in [0.29, 0.717) is 38.5 Å². The van der Waals surface area contributed by atoms with Crippen LogP contribution in [0.3, 0.4) is 0 Å². The van der Waals surface area contributed by atoms with Crippen molar-refractivity contribution in [2.24, 2.45) is 0 Å². The lowest BCUT2D eigenvalue weighted by Crippen LogP contribution is -2.43. The molecule has 1 aliphatic heterocycles. The van der Waals surface area contributed by atoms with Gasteiger partial charge in [-0.2, -0.15) is 0 Å². The number of ether oxygens (including phenoxy) is 2. The number of hydrogen-bond donors (Lipinski definition) is 1. The number of aryl methyl sites for hydroxylation is 1. The molecule has 0 aliphatic carbocycles. The van der Waals surface area contributed by atoms with Gasteiger partial charge in [0.15, 0.2) is 0 Å². The SMILES string of the molecule is Cc1ccccc1OCCC(=O)N1CCOC(c2ncncc2-c2ccnc(N)c2)C1. The molecule has 1 atom stereocenters. The van der Waals surface area contributed by atoms with Crippen LogP contribution in [-0.4, -0.2) is 52.1 Å². The Morgan fingerprint density at radius 1 is 1.29 bits per heavy atom. The number of benzene rings is 1. The number of morpholine rings is 1. The third-order valence-electron chi connectivity index (χ3n) is 5.23. The maximum absolute atomic E-state index is 12.8. The molecule has 1 aromatic carbocycles. The van der Waals surface area contributed by atoms with E-state index in [1.165, 1.54) is 6.33 Å². The molecule has 160 valence electrons. The van der Waals surface area contributed by atoms with Crippen LogP contribution in [0.25, 0.3) is 11.1 Å². The van der Waals surface area contributed by atoms with E-state index in [9.17, 15) is 4.79 Å². The number of nitrogens with two attached hydrogens (primary N) is 1. The lowest BCUT2D eigenvalue weighted by atomic mass is 10.0. The number of aromatic nitrogens is 3. The Hall–Kier alpha value is -3.52. The zero-order valence-corrected chi connectivity index (χ0v) is 17.4. The number of anilines is 1. The van der Waals surface area contributed by atoms with E-state index in [2.05, 4.69) is 15.0 Å². The van der Waals surface area contributed by atoms with Gasteiger partial charge in [-0.1, -0.05) is 18.2 Å². The molecule has 31 heavy (non-hydrogen) atoms. The Bertz CT molecular complexity index is 1060. The monoisotopic (exact) mass is 419 g/mol. The van der Waals surface area contributed by atoms with Crippen LogP contribution in [0.1, 0.15) is 23.8 Å². The Balaban J connectivity index is 1.42. The number of amides is 1. The second-order valence-electron chi connectivity index (χ2n) is 7.35. The molecule has 1 amide bonds. The van der Waals surface area contributed by atoms with Gasteiger partial charge in [-0.05, 0) is 36.2 Å². The summed E-state index contributed by atoms with van der Waals surface area (Å²) < 4.78 is 11.7. The second kappa shape index (κ2) is 9.53. The fraction of sp³-hybridized carbons (Fsp3) is 0.304. The first-order chi connectivity index (χ1) is 15.1. The van der Waals surface area contributed by atoms with E-state index in [-0.39, 0.29) is 12.0 Å². The third kappa shape index (κ3) is 4.97. The van der Waals surface area contributed by atoms with Crippen LogP contribution in [0.15, 0.2) is 55.1 Å². The molecular formula is C23H25N5O3. The number of pyridine rings is 1. The topological polar surface area (TPSA) is 103 Å². The molecule has 1 aliphatic rings. The van der Waals surface area contributed by atoms with E-state index in [0.717, 1.165) is 28.1 Å². The van der Waals surface area contributed by atoms with Crippen molar-refractivity contribution in [1.82, 2.24) is 19.9 Å². The first-order valence-corrected chi connectivity index (χ1v) is 10.2. The minimum atomic E-state index is -0.345. The lowest BCUT2D eigenvalue weighted by molar-refractivity contribution is -0.139. The highest BCUT2D eigenvalue weighted by Gasteiger charge is 2.28. The molecule has 3 heterocycles. The molecule has 8 nitrogen and oxygen atoms in total. The molecule has 3 aromatic rings. The molecule has 0 saturated carbocycles. The standard InChI is InChI=1S/C23H25N5O3/c1-16-4-2-3-5-19(16)30-10-7-22(29)28-9-11-31-20(14-28)23-18(13-25-15-27-23)17-6-8-26-21(24)12-17/h2-6,8,12-13,15,20H,7,9-11,14H2,1H3,(H2,24,26). The minimum Gasteiger partial charge on any atom is -0.493 e. The summed E-state index contributed by atoms with van der Waals surface area (Å²) in [4.78, 5) is 27.2. The summed E-state index contributed by atoms with van der Waals surface area (Å²) in [6.45, 7) is 3.73. The van der Waals surface area contributed by atoms with Crippen LogP contribution in [-0.2, 0) is 9.53 Å². The second-order valence-corrected chi connectivity index (χ2v) is 7.35. The predicted octanol–water partition coefficient (Wildman–Crippen LogP) is 2.80. The van der Waals surface area contributed by atoms with Crippen LogP contribution in [0.2, 0.25) is 0 Å². The number of rotatable bonds is 6. The van der Waals surface area contributed by atoms with Crippen molar-refractivity contribution >= 4 is 11.7 Å². The highest BCUT2D eigenvalue weighted by Crippen LogP contribution is 2.30. The Labute approximate surface area is 181 Å². The van der Waals surface area contributed by atoms with Crippen LogP contribution in [0.5, 0.6) is 5.75 Å². The van der Waals surface area contributed by atoms with E-state index < -0.39 is 0 Å². The number of carbonyl (C=O) groups excluding carboxylic acids is 1. The number of nitrogens with zero attached hydrogens (tertiary/aromatic N) is 4. The Morgan fingerprint density at radius 2 is 2.16 bits per heavy atom. The van der Waals surface area contributed by atoms with Gasteiger partial charge in [0.1, 0.15) is 24.0 Å². The quantitative estimate of drug-likeness (QED) is 0.655. The van der Waals surface area contributed by atoms with Gasteiger partial charge >= 0.3 is 0 Å². The first kappa shape index (κ1) is 20.7. The van der Waals surface area contributed by atoms with Gasteiger partial charge in [0.05, 0.1) is 31.9 Å². The minimum absolute atomic E-state index is 0.0330. The zero-order valence-electron chi connectivity index (χ0n) is 17.4. The maximum atomic E-state index is 12.8. The molecular weight excluding hydrogens is 394 g/mol. The maximum Gasteiger partial charge on any atom is 0.226 e. The van der Waals surface area contributed by atoms with Crippen LogP contribution >= 0.6 is 0 Å². The number of hydrogen-bond acceptors (Lipinski definition) is 7. The van der Waals surface area contributed by atoms with Gasteiger partial charge in [0.2, 0.25) is 5.91 Å². The molecule has 0 bridgehead atoms. The average molecular weight is 419 g/mol. The molecule has 2 aromatic heterocycles. The van der Waals surface area contributed by atoms with Crippen LogP contribution in [0.4, 0.5) is 5.82 Å². The molecule has 8 heteroatoms. The van der Waals surface area contributed by atoms with Crippen molar-refractivity contribution in [3.8, 4) is 16.9 Å². The van der Waals surface area contributed by atoms with Gasteiger partial charge in [-0.3, -0.25) is 4.79 Å². The third-order valence-corrected chi connectivity index (χ3v) is 5.23. The first-order valence-electron chi connectivity index (χ1n) is 10.2. The highest BCUT2D eigenvalue weighted by atomic mass is 16.5.